The van der Waals surface area contributed by atoms with Gasteiger partial charge in [-0.3, -0.25) is 0 Å². The number of benzene rings is 1. The molecule has 0 bridgehead atoms. The lowest BCUT2D eigenvalue weighted by Crippen LogP contribution is -1.99. The minimum Gasteiger partial charge on any atom is -0.475 e. The number of carboxylic acids is 1. The molecule has 4 nitrogen and oxygen atoms in total. The topological polar surface area (TPSA) is 62.5 Å². The van der Waals surface area contributed by atoms with Gasteiger partial charge in [-0.25, -0.2) is 4.79 Å². The zero-order valence-corrected chi connectivity index (χ0v) is 12.6. The van der Waals surface area contributed by atoms with E-state index in [1.54, 1.807) is 19.1 Å². The van der Waals surface area contributed by atoms with Crippen LogP contribution in [-0.2, 0) is 6.54 Å². The first-order valence-corrected chi connectivity index (χ1v) is 6.73. The van der Waals surface area contributed by atoms with Gasteiger partial charge in [0.25, 0.3) is 0 Å². The lowest BCUT2D eigenvalue weighted by atomic mass is 10.2. The Morgan fingerprint density at radius 2 is 1.85 bits per heavy atom. The second-order valence-corrected chi connectivity index (χ2v) is 5.35. The van der Waals surface area contributed by atoms with E-state index in [-0.39, 0.29) is 12.3 Å². The molecule has 2 N–H and O–H groups in total. The van der Waals surface area contributed by atoms with E-state index in [1.807, 2.05) is 0 Å². The molecule has 0 atom stereocenters. The predicted octanol–water partition coefficient (Wildman–Crippen LogP) is 4.86. The van der Waals surface area contributed by atoms with Crippen molar-refractivity contribution in [3.8, 4) is 0 Å². The van der Waals surface area contributed by atoms with Crippen LogP contribution in [0.4, 0.5) is 5.69 Å². The molecule has 106 valence electrons. The van der Waals surface area contributed by atoms with Crippen LogP contribution < -0.4 is 5.32 Å². The van der Waals surface area contributed by atoms with Crippen LogP contribution in [0.15, 0.2) is 22.6 Å². The number of hydrogen-bond acceptors (Lipinski definition) is 3. The van der Waals surface area contributed by atoms with Crippen LogP contribution in [0.2, 0.25) is 15.1 Å². The first-order valence-electron chi connectivity index (χ1n) is 5.59. The van der Waals surface area contributed by atoms with Gasteiger partial charge in [-0.1, -0.05) is 34.8 Å². The van der Waals surface area contributed by atoms with Gasteiger partial charge < -0.3 is 14.8 Å². The maximum atomic E-state index is 10.9. The number of aromatic carboxylic acids is 1. The molecular weight excluding hydrogens is 325 g/mol. The molecule has 0 aliphatic heterocycles. The van der Waals surface area contributed by atoms with Gasteiger partial charge in [0.05, 0.1) is 27.3 Å². The normalized spacial score (nSPS) is 10.6. The average Bonchev–Trinajstić information content (AvgIpc) is 2.74. The van der Waals surface area contributed by atoms with Crippen LogP contribution in [0.25, 0.3) is 0 Å². The molecule has 1 heterocycles. The quantitative estimate of drug-likeness (QED) is 0.784. The van der Waals surface area contributed by atoms with Crippen molar-refractivity contribution in [3.63, 3.8) is 0 Å². The Balaban J connectivity index is 2.15. The Morgan fingerprint density at radius 3 is 2.45 bits per heavy atom. The summed E-state index contributed by atoms with van der Waals surface area (Å²) in [4.78, 5) is 10.9. The number of anilines is 1. The van der Waals surface area contributed by atoms with Crippen molar-refractivity contribution in [3.05, 3.63) is 50.4 Å². The van der Waals surface area contributed by atoms with E-state index in [0.717, 1.165) is 0 Å². The van der Waals surface area contributed by atoms with E-state index in [0.29, 0.717) is 32.1 Å². The van der Waals surface area contributed by atoms with Crippen molar-refractivity contribution in [1.29, 1.82) is 0 Å². The standard InChI is InChI=1S/C13H10Cl3NO3/c1-6-2-7(20-12(6)13(18)19)5-17-11-4-9(15)8(14)3-10(11)16/h2-4,17H,5H2,1H3,(H,18,19). The van der Waals surface area contributed by atoms with Gasteiger partial charge in [0.15, 0.2) is 0 Å². The Morgan fingerprint density at radius 1 is 1.20 bits per heavy atom. The first-order chi connectivity index (χ1) is 9.38. The fourth-order valence-corrected chi connectivity index (χ4v) is 2.30. The van der Waals surface area contributed by atoms with Crippen molar-refractivity contribution in [2.45, 2.75) is 13.5 Å². The number of carboxylic acid groups (broad SMARTS) is 1. The summed E-state index contributed by atoms with van der Waals surface area (Å²) in [5.41, 5.74) is 1.15. The van der Waals surface area contributed by atoms with Crippen molar-refractivity contribution in [1.82, 2.24) is 0 Å². The van der Waals surface area contributed by atoms with Crippen LogP contribution >= 0.6 is 34.8 Å². The maximum Gasteiger partial charge on any atom is 0.372 e. The van der Waals surface area contributed by atoms with Crippen molar-refractivity contribution < 1.29 is 14.3 Å². The molecule has 1 aromatic heterocycles. The molecule has 0 aliphatic carbocycles. The highest BCUT2D eigenvalue weighted by Crippen LogP contribution is 2.32. The van der Waals surface area contributed by atoms with E-state index in [2.05, 4.69) is 5.32 Å². The lowest BCUT2D eigenvalue weighted by Gasteiger charge is -2.08. The minimum absolute atomic E-state index is 0.0676. The number of furan rings is 1. The second kappa shape index (κ2) is 5.95. The molecule has 0 fully saturated rings. The van der Waals surface area contributed by atoms with Gasteiger partial charge in [-0.05, 0) is 25.1 Å². The molecule has 0 aliphatic rings. The van der Waals surface area contributed by atoms with Gasteiger partial charge in [-0.2, -0.15) is 0 Å². The number of nitrogens with one attached hydrogen (secondary N) is 1. The van der Waals surface area contributed by atoms with Gasteiger partial charge in [-0.15, -0.1) is 0 Å². The molecule has 0 unspecified atom stereocenters. The molecule has 0 saturated heterocycles. The Hall–Kier alpha value is -1.36. The maximum absolute atomic E-state index is 10.9. The third-order valence-electron chi connectivity index (χ3n) is 2.63. The number of hydrogen-bond donors (Lipinski definition) is 2. The monoisotopic (exact) mass is 333 g/mol. The summed E-state index contributed by atoms with van der Waals surface area (Å²) >= 11 is 17.8. The van der Waals surface area contributed by atoms with Crippen LogP contribution in [-0.4, -0.2) is 11.1 Å². The SMILES string of the molecule is Cc1cc(CNc2cc(Cl)c(Cl)cc2Cl)oc1C(=O)O. The molecule has 0 saturated carbocycles. The zero-order valence-electron chi connectivity index (χ0n) is 10.3. The molecule has 7 heteroatoms. The van der Waals surface area contributed by atoms with Crippen LogP contribution in [0.1, 0.15) is 21.9 Å². The smallest absolute Gasteiger partial charge is 0.372 e. The van der Waals surface area contributed by atoms with Gasteiger partial charge >= 0.3 is 5.97 Å². The highest BCUT2D eigenvalue weighted by Gasteiger charge is 2.14. The number of rotatable bonds is 4. The Kier molecular flexibility index (Phi) is 4.48. The van der Waals surface area contributed by atoms with E-state index < -0.39 is 5.97 Å². The summed E-state index contributed by atoms with van der Waals surface area (Å²) in [5, 5.41) is 13.1. The Bertz CT molecular complexity index is 667. The number of halogens is 3. The van der Waals surface area contributed by atoms with E-state index in [1.165, 1.54) is 6.07 Å². The molecular formula is C13H10Cl3NO3. The molecule has 0 radical (unpaired) electrons. The Labute approximate surface area is 130 Å². The minimum atomic E-state index is -1.10. The summed E-state index contributed by atoms with van der Waals surface area (Å²) in [7, 11) is 0. The van der Waals surface area contributed by atoms with Crippen molar-refractivity contribution >= 4 is 46.5 Å². The molecule has 0 amide bonds. The third-order valence-corrected chi connectivity index (χ3v) is 3.66. The molecule has 0 spiro atoms. The van der Waals surface area contributed by atoms with Crippen LogP contribution in [0.3, 0.4) is 0 Å². The lowest BCUT2D eigenvalue weighted by molar-refractivity contribution is 0.0659. The number of aryl methyl sites for hydroxylation is 1. The summed E-state index contributed by atoms with van der Waals surface area (Å²) in [6.45, 7) is 1.95. The summed E-state index contributed by atoms with van der Waals surface area (Å²) in [5.74, 6) is -0.676. The highest BCUT2D eigenvalue weighted by atomic mass is 35.5. The van der Waals surface area contributed by atoms with E-state index in [4.69, 9.17) is 44.3 Å². The van der Waals surface area contributed by atoms with Crippen LogP contribution in [0, 0.1) is 6.92 Å². The second-order valence-electron chi connectivity index (χ2n) is 4.13. The van der Waals surface area contributed by atoms with Crippen molar-refractivity contribution in [2.75, 3.05) is 5.32 Å². The number of carbonyl (C=O) groups is 1. The van der Waals surface area contributed by atoms with Crippen LogP contribution in [0.5, 0.6) is 0 Å². The summed E-state index contributed by atoms with van der Waals surface area (Å²) in [6.07, 6.45) is 0. The highest BCUT2D eigenvalue weighted by molar-refractivity contribution is 6.44. The van der Waals surface area contributed by atoms with Gasteiger partial charge in [0, 0.05) is 5.56 Å². The molecule has 2 rings (SSSR count). The summed E-state index contributed by atoms with van der Waals surface area (Å²) < 4.78 is 5.23. The third kappa shape index (κ3) is 3.20. The van der Waals surface area contributed by atoms with Crippen molar-refractivity contribution in [2.24, 2.45) is 0 Å². The van der Waals surface area contributed by atoms with E-state index in [9.17, 15) is 4.79 Å². The fraction of sp³-hybridized carbons (Fsp3) is 0.154. The van der Waals surface area contributed by atoms with Gasteiger partial charge in [0.2, 0.25) is 5.76 Å². The zero-order chi connectivity index (χ0) is 14.9. The average molecular weight is 335 g/mol. The molecule has 1 aromatic carbocycles. The first kappa shape index (κ1) is 15.0. The molecule has 2 aromatic rings. The van der Waals surface area contributed by atoms with E-state index >= 15 is 0 Å². The predicted molar refractivity (Wildman–Crippen MR) is 79.2 cm³/mol. The largest absolute Gasteiger partial charge is 0.475 e. The summed E-state index contributed by atoms with van der Waals surface area (Å²) in [6, 6.07) is 4.78. The fourth-order valence-electron chi connectivity index (χ4n) is 1.69. The van der Waals surface area contributed by atoms with Gasteiger partial charge in [0.1, 0.15) is 5.76 Å². The molecule has 20 heavy (non-hydrogen) atoms.